The molecule has 0 atom stereocenters. The first-order chi connectivity index (χ1) is 9.36. The Balaban J connectivity index is 3.12. The molecule has 0 fully saturated rings. The van der Waals surface area contributed by atoms with Crippen LogP contribution < -0.4 is 0 Å². The largest absolute Gasteiger partial charge is 0.478 e. The zero-order valence-electron chi connectivity index (χ0n) is 9.98. The Bertz CT molecular complexity index is 623. The van der Waals surface area contributed by atoms with E-state index in [1.165, 1.54) is 0 Å². The van der Waals surface area contributed by atoms with Crippen molar-refractivity contribution in [2.24, 2.45) is 5.11 Å². The van der Waals surface area contributed by atoms with Crippen LogP contribution in [0.1, 0.15) is 27.9 Å². The minimum atomic E-state index is -4.69. The van der Waals surface area contributed by atoms with Crippen molar-refractivity contribution >= 4 is 5.97 Å². The quantitative estimate of drug-likeness (QED) is 0.303. The van der Waals surface area contributed by atoms with E-state index in [1.54, 1.807) is 0 Å². The first-order valence-electron chi connectivity index (χ1n) is 5.30. The van der Waals surface area contributed by atoms with Gasteiger partial charge in [-0.1, -0.05) is 17.0 Å². The number of halogens is 3. The smallest absolute Gasteiger partial charge is 0.417 e. The maximum absolute atomic E-state index is 12.8. The van der Waals surface area contributed by atoms with E-state index in [0.29, 0.717) is 6.07 Å². The lowest BCUT2D eigenvalue weighted by Gasteiger charge is -2.09. The number of rotatable bonds is 3. The second kappa shape index (κ2) is 6.50. The summed E-state index contributed by atoms with van der Waals surface area (Å²) < 4.78 is 38.4. The first-order valence-corrected chi connectivity index (χ1v) is 5.30. The van der Waals surface area contributed by atoms with Crippen LogP contribution in [-0.4, -0.2) is 17.6 Å². The lowest BCUT2D eigenvalue weighted by Crippen LogP contribution is -2.10. The molecular weight excluding hydrogens is 275 g/mol. The summed E-state index contributed by atoms with van der Waals surface area (Å²) in [5, 5.41) is 11.9. The Morgan fingerprint density at radius 3 is 2.70 bits per heavy atom. The fraction of sp³-hybridized carbons (Fsp3) is 0.250. The van der Waals surface area contributed by atoms with Crippen molar-refractivity contribution in [3.63, 3.8) is 0 Å². The minimum Gasteiger partial charge on any atom is -0.478 e. The Labute approximate surface area is 111 Å². The van der Waals surface area contributed by atoms with Crippen LogP contribution in [0.15, 0.2) is 23.3 Å². The standard InChI is InChI=1S/C12H8F3N3O2/c13-12(14,15)10-7-9(11(19)20)5-4-8(10)3-1-2-6-17-18-16/h4-5,7H,2,6H2,(H,19,20). The van der Waals surface area contributed by atoms with Gasteiger partial charge in [0.25, 0.3) is 0 Å². The molecule has 0 aliphatic heterocycles. The third kappa shape index (κ3) is 4.23. The van der Waals surface area contributed by atoms with Crippen molar-refractivity contribution in [2.75, 3.05) is 6.54 Å². The van der Waals surface area contributed by atoms with Crippen molar-refractivity contribution in [2.45, 2.75) is 12.6 Å². The molecule has 1 rings (SSSR count). The summed E-state index contributed by atoms with van der Waals surface area (Å²) in [5.74, 6) is 3.29. The molecule has 0 heterocycles. The van der Waals surface area contributed by atoms with Gasteiger partial charge in [0, 0.05) is 23.4 Å². The SMILES string of the molecule is [N-]=[N+]=NCCC#Cc1ccc(C(=O)O)cc1C(F)(F)F. The lowest BCUT2D eigenvalue weighted by molar-refractivity contribution is -0.137. The van der Waals surface area contributed by atoms with Crippen LogP contribution in [-0.2, 0) is 6.18 Å². The highest BCUT2D eigenvalue weighted by atomic mass is 19.4. The van der Waals surface area contributed by atoms with E-state index in [-0.39, 0.29) is 18.5 Å². The maximum atomic E-state index is 12.8. The Morgan fingerprint density at radius 2 is 2.15 bits per heavy atom. The number of hydrogen-bond acceptors (Lipinski definition) is 2. The molecule has 1 aromatic carbocycles. The van der Waals surface area contributed by atoms with Gasteiger partial charge in [0.05, 0.1) is 11.1 Å². The monoisotopic (exact) mass is 283 g/mol. The lowest BCUT2D eigenvalue weighted by atomic mass is 10.0. The minimum absolute atomic E-state index is 0.0536. The van der Waals surface area contributed by atoms with E-state index in [4.69, 9.17) is 10.6 Å². The van der Waals surface area contributed by atoms with Gasteiger partial charge in [0.2, 0.25) is 0 Å². The van der Waals surface area contributed by atoms with Crippen molar-refractivity contribution < 1.29 is 23.1 Å². The molecule has 0 unspecified atom stereocenters. The summed E-state index contributed by atoms with van der Waals surface area (Å²) in [6.07, 6.45) is -4.58. The third-order valence-corrected chi connectivity index (χ3v) is 2.20. The fourth-order valence-corrected chi connectivity index (χ4v) is 1.33. The van der Waals surface area contributed by atoms with Crippen LogP contribution in [0, 0.1) is 11.8 Å². The highest BCUT2D eigenvalue weighted by Gasteiger charge is 2.33. The summed E-state index contributed by atoms with van der Waals surface area (Å²) in [6.45, 7) is 0.0536. The average molecular weight is 283 g/mol. The van der Waals surface area contributed by atoms with Crippen LogP contribution in [0.5, 0.6) is 0 Å². The number of benzene rings is 1. The van der Waals surface area contributed by atoms with E-state index in [1.807, 2.05) is 0 Å². The van der Waals surface area contributed by atoms with Crippen molar-refractivity contribution in [1.29, 1.82) is 0 Å². The Kier molecular flexibility index (Phi) is 5.01. The van der Waals surface area contributed by atoms with Crippen molar-refractivity contribution in [1.82, 2.24) is 0 Å². The van der Waals surface area contributed by atoms with Gasteiger partial charge < -0.3 is 5.11 Å². The predicted molar refractivity (Wildman–Crippen MR) is 63.9 cm³/mol. The molecule has 5 nitrogen and oxygen atoms in total. The average Bonchev–Trinajstić information content (AvgIpc) is 2.37. The molecule has 8 heteroatoms. The van der Waals surface area contributed by atoms with E-state index < -0.39 is 23.3 Å². The molecule has 0 aliphatic carbocycles. The van der Waals surface area contributed by atoms with Crippen molar-refractivity contribution in [3.8, 4) is 11.8 Å². The Hall–Kier alpha value is -2.65. The summed E-state index contributed by atoms with van der Waals surface area (Å²) in [7, 11) is 0. The molecular formula is C12H8F3N3O2. The number of azide groups is 1. The molecule has 0 aromatic heterocycles. The molecule has 0 bridgehead atoms. The maximum Gasteiger partial charge on any atom is 0.417 e. The number of alkyl halides is 3. The van der Waals surface area contributed by atoms with Gasteiger partial charge in [-0.2, -0.15) is 13.2 Å². The zero-order valence-corrected chi connectivity index (χ0v) is 9.98. The summed E-state index contributed by atoms with van der Waals surface area (Å²) >= 11 is 0. The normalized spacial score (nSPS) is 10.2. The van der Waals surface area contributed by atoms with Crippen LogP contribution in [0.3, 0.4) is 0 Å². The second-order valence-corrected chi connectivity index (χ2v) is 3.57. The van der Waals surface area contributed by atoms with Crippen LogP contribution in [0.2, 0.25) is 0 Å². The number of carboxylic acids is 1. The first kappa shape index (κ1) is 15.4. The van der Waals surface area contributed by atoms with E-state index in [9.17, 15) is 18.0 Å². The Morgan fingerprint density at radius 1 is 1.45 bits per heavy atom. The highest BCUT2D eigenvalue weighted by molar-refractivity contribution is 5.88. The zero-order chi connectivity index (χ0) is 15.2. The van der Waals surface area contributed by atoms with Crippen molar-refractivity contribution in [3.05, 3.63) is 45.3 Å². The van der Waals surface area contributed by atoms with Crippen LogP contribution in [0.25, 0.3) is 10.4 Å². The molecule has 0 radical (unpaired) electrons. The van der Waals surface area contributed by atoms with Crippen LogP contribution in [0.4, 0.5) is 13.2 Å². The number of carboxylic acid groups (broad SMARTS) is 1. The molecule has 1 N–H and O–H groups in total. The van der Waals surface area contributed by atoms with Gasteiger partial charge in [0.15, 0.2) is 0 Å². The predicted octanol–water partition coefficient (Wildman–Crippen LogP) is 3.46. The van der Waals surface area contributed by atoms with Gasteiger partial charge in [-0.3, -0.25) is 0 Å². The molecule has 1 aromatic rings. The van der Waals surface area contributed by atoms with Gasteiger partial charge in [-0.05, 0) is 23.7 Å². The van der Waals surface area contributed by atoms with Gasteiger partial charge in [-0.25, -0.2) is 4.79 Å². The molecule has 0 saturated heterocycles. The number of carbonyl (C=O) groups is 1. The fourth-order valence-electron chi connectivity index (χ4n) is 1.33. The van der Waals surface area contributed by atoms with Gasteiger partial charge in [0.1, 0.15) is 0 Å². The summed E-state index contributed by atoms with van der Waals surface area (Å²) in [5.41, 5.74) is 6.14. The molecule has 0 saturated carbocycles. The van der Waals surface area contributed by atoms with Gasteiger partial charge >= 0.3 is 12.1 Å². The molecule has 0 spiro atoms. The third-order valence-electron chi connectivity index (χ3n) is 2.20. The highest BCUT2D eigenvalue weighted by Crippen LogP contribution is 2.32. The molecule has 0 amide bonds. The molecule has 20 heavy (non-hydrogen) atoms. The number of aromatic carboxylic acids is 1. The molecule has 0 aliphatic rings. The van der Waals surface area contributed by atoms with E-state index in [2.05, 4.69) is 21.9 Å². The van der Waals surface area contributed by atoms with E-state index >= 15 is 0 Å². The number of nitrogens with zero attached hydrogens (tertiary/aromatic N) is 3. The number of hydrogen-bond donors (Lipinski definition) is 1. The van der Waals surface area contributed by atoms with E-state index in [0.717, 1.165) is 12.1 Å². The summed E-state index contributed by atoms with van der Waals surface area (Å²) in [4.78, 5) is 13.2. The second-order valence-electron chi connectivity index (χ2n) is 3.57. The van der Waals surface area contributed by atoms with Gasteiger partial charge in [-0.15, -0.1) is 0 Å². The van der Waals surface area contributed by atoms with Crippen LogP contribution >= 0.6 is 0 Å². The molecule has 104 valence electrons. The summed E-state index contributed by atoms with van der Waals surface area (Å²) in [6, 6.07) is 2.60. The topological polar surface area (TPSA) is 86.1 Å².